The van der Waals surface area contributed by atoms with E-state index in [0.29, 0.717) is 0 Å². The van der Waals surface area contributed by atoms with Crippen molar-refractivity contribution in [2.24, 2.45) is 0 Å². The SMILES string of the molecule is O=C1/C=C/CCCCCCCCCCCCCC/C=C\O1. The Morgan fingerprint density at radius 3 is 1.57 bits per heavy atom. The highest BCUT2D eigenvalue weighted by atomic mass is 16.5. The van der Waals surface area contributed by atoms with Gasteiger partial charge in [0.15, 0.2) is 0 Å². The monoisotopic (exact) mass is 292 g/mol. The van der Waals surface area contributed by atoms with Crippen LogP contribution in [0.4, 0.5) is 0 Å². The number of carbonyl (C=O) groups excluding carboxylic acids is 1. The van der Waals surface area contributed by atoms with E-state index in [4.69, 9.17) is 4.74 Å². The van der Waals surface area contributed by atoms with Gasteiger partial charge in [-0.05, 0) is 31.8 Å². The summed E-state index contributed by atoms with van der Waals surface area (Å²) in [6.07, 6.45) is 25.0. The van der Waals surface area contributed by atoms with Crippen molar-refractivity contribution in [2.45, 2.75) is 89.9 Å². The minimum Gasteiger partial charge on any atom is -0.432 e. The first kappa shape index (κ1) is 18.0. The van der Waals surface area contributed by atoms with Crippen LogP contribution in [0.1, 0.15) is 89.9 Å². The Bertz CT molecular complexity index is 305. The van der Waals surface area contributed by atoms with E-state index in [-0.39, 0.29) is 5.97 Å². The number of esters is 1. The van der Waals surface area contributed by atoms with Gasteiger partial charge in [0, 0.05) is 6.08 Å². The maximum atomic E-state index is 11.4. The molecule has 0 saturated carbocycles. The van der Waals surface area contributed by atoms with Gasteiger partial charge in [-0.3, -0.25) is 0 Å². The molecule has 0 aromatic heterocycles. The van der Waals surface area contributed by atoms with Crippen LogP contribution < -0.4 is 0 Å². The Hall–Kier alpha value is -1.05. The molecule has 0 bridgehead atoms. The van der Waals surface area contributed by atoms with Crippen molar-refractivity contribution < 1.29 is 9.53 Å². The number of rotatable bonds is 0. The Balaban J connectivity index is 2.22. The van der Waals surface area contributed by atoms with Gasteiger partial charge in [-0.25, -0.2) is 4.79 Å². The largest absolute Gasteiger partial charge is 0.432 e. The fraction of sp³-hybridized carbons (Fsp3) is 0.737. The summed E-state index contributed by atoms with van der Waals surface area (Å²) in [6, 6.07) is 0. The lowest BCUT2D eigenvalue weighted by Crippen LogP contribution is -1.93. The third-order valence-electron chi connectivity index (χ3n) is 4.03. The first-order valence-corrected chi connectivity index (χ1v) is 8.92. The summed E-state index contributed by atoms with van der Waals surface area (Å²) < 4.78 is 5.02. The molecule has 1 aliphatic rings. The van der Waals surface area contributed by atoms with Crippen LogP contribution in [0, 0.1) is 0 Å². The number of carbonyl (C=O) groups is 1. The highest BCUT2D eigenvalue weighted by Crippen LogP contribution is 2.13. The van der Waals surface area contributed by atoms with E-state index in [1.165, 1.54) is 77.0 Å². The van der Waals surface area contributed by atoms with Gasteiger partial charge in [0.05, 0.1) is 6.26 Å². The Kier molecular flexibility index (Phi) is 11.9. The maximum Gasteiger partial charge on any atom is 0.335 e. The average molecular weight is 292 g/mol. The molecule has 0 aliphatic carbocycles. The van der Waals surface area contributed by atoms with E-state index in [2.05, 4.69) is 0 Å². The maximum absolute atomic E-state index is 11.4. The van der Waals surface area contributed by atoms with Gasteiger partial charge in [-0.2, -0.15) is 0 Å². The molecule has 1 aliphatic heterocycles. The predicted molar refractivity (Wildman–Crippen MR) is 89.0 cm³/mol. The molecular weight excluding hydrogens is 260 g/mol. The van der Waals surface area contributed by atoms with Crippen LogP contribution in [0.25, 0.3) is 0 Å². The average Bonchev–Trinajstić information content (AvgIpc) is 2.48. The van der Waals surface area contributed by atoms with Crippen LogP contribution in [-0.4, -0.2) is 5.97 Å². The van der Waals surface area contributed by atoms with Crippen molar-refractivity contribution in [3.05, 3.63) is 24.5 Å². The summed E-state index contributed by atoms with van der Waals surface area (Å²) in [7, 11) is 0. The van der Waals surface area contributed by atoms with Gasteiger partial charge >= 0.3 is 5.97 Å². The summed E-state index contributed by atoms with van der Waals surface area (Å²) in [5, 5.41) is 0. The first-order valence-electron chi connectivity index (χ1n) is 8.92. The molecule has 0 unspecified atom stereocenters. The van der Waals surface area contributed by atoms with Crippen LogP contribution in [0.5, 0.6) is 0 Å². The van der Waals surface area contributed by atoms with Crippen LogP contribution in [0.3, 0.4) is 0 Å². The van der Waals surface area contributed by atoms with E-state index in [0.717, 1.165) is 12.8 Å². The second-order valence-corrected chi connectivity index (χ2v) is 6.03. The number of ether oxygens (including phenoxy) is 1. The number of allylic oxidation sites excluding steroid dienone is 2. The van der Waals surface area contributed by atoms with Crippen molar-refractivity contribution in [1.82, 2.24) is 0 Å². The van der Waals surface area contributed by atoms with Crippen LogP contribution in [0.15, 0.2) is 24.5 Å². The molecule has 0 aromatic rings. The molecule has 0 atom stereocenters. The van der Waals surface area contributed by atoms with Crippen LogP contribution in [0.2, 0.25) is 0 Å². The minimum absolute atomic E-state index is 0.249. The van der Waals surface area contributed by atoms with Gasteiger partial charge in [0.1, 0.15) is 0 Å². The second-order valence-electron chi connectivity index (χ2n) is 6.03. The molecule has 120 valence electrons. The molecule has 1 rings (SSSR count). The van der Waals surface area contributed by atoms with Crippen LogP contribution >= 0.6 is 0 Å². The lowest BCUT2D eigenvalue weighted by molar-refractivity contribution is -0.132. The smallest absolute Gasteiger partial charge is 0.335 e. The summed E-state index contributed by atoms with van der Waals surface area (Å²) in [5.41, 5.74) is 0. The quantitative estimate of drug-likeness (QED) is 0.506. The fourth-order valence-electron chi connectivity index (χ4n) is 2.69. The van der Waals surface area contributed by atoms with Gasteiger partial charge in [-0.1, -0.05) is 70.3 Å². The molecule has 0 N–H and O–H groups in total. The van der Waals surface area contributed by atoms with Gasteiger partial charge in [0.25, 0.3) is 0 Å². The highest BCUT2D eigenvalue weighted by Gasteiger charge is 1.95. The molecule has 0 radical (unpaired) electrons. The third-order valence-corrected chi connectivity index (χ3v) is 4.03. The molecule has 0 amide bonds. The molecule has 0 spiro atoms. The van der Waals surface area contributed by atoms with Crippen molar-refractivity contribution in [3.63, 3.8) is 0 Å². The lowest BCUT2D eigenvalue weighted by atomic mass is 10.0. The molecule has 1 heterocycles. The zero-order valence-corrected chi connectivity index (χ0v) is 13.5. The second kappa shape index (κ2) is 13.9. The summed E-state index contributed by atoms with van der Waals surface area (Å²) in [6.45, 7) is 0. The lowest BCUT2D eigenvalue weighted by Gasteiger charge is -2.03. The summed E-state index contributed by atoms with van der Waals surface area (Å²) >= 11 is 0. The van der Waals surface area contributed by atoms with Gasteiger partial charge in [0.2, 0.25) is 0 Å². The molecule has 0 saturated heterocycles. The van der Waals surface area contributed by atoms with E-state index < -0.39 is 0 Å². The zero-order valence-electron chi connectivity index (χ0n) is 13.5. The van der Waals surface area contributed by atoms with Crippen molar-refractivity contribution in [1.29, 1.82) is 0 Å². The van der Waals surface area contributed by atoms with Crippen molar-refractivity contribution in [3.8, 4) is 0 Å². The molecule has 2 heteroatoms. The van der Waals surface area contributed by atoms with Crippen LogP contribution in [-0.2, 0) is 9.53 Å². The Labute approximate surface area is 130 Å². The fourth-order valence-corrected chi connectivity index (χ4v) is 2.69. The van der Waals surface area contributed by atoms with E-state index in [9.17, 15) is 4.79 Å². The standard InChI is InChI=1S/C19H32O2/c20-19-17-15-13-11-9-7-5-3-1-2-4-6-8-10-12-14-16-18-21-19/h15-18H,1-14H2/b17-15+,18-16-. The molecular formula is C19H32O2. The number of cyclic esters (lactones) is 1. The third kappa shape index (κ3) is 12.4. The molecule has 0 fully saturated rings. The molecule has 2 nitrogen and oxygen atoms in total. The zero-order chi connectivity index (χ0) is 15.0. The Morgan fingerprint density at radius 1 is 0.619 bits per heavy atom. The van der Waals surface area contributed by atoms with E-state index >= 15 is 0 Å². The first-order chi connectivity index (χ1) is 10.4. The van der Waals surface area contributed by atoms with Crippen molar-refractivity contribution >= 4 is 5.97 Å². The van der Waals surface area contributed by atoms with E-state index in [1.54, 1.807) is 12.3 Å². The number of hydrogen-bond donors (Lipinski definition) is 0. The van der Waals surface area contributed by atoms with Crippen molar-refractivity contribution in [2.75, 3.05) is 0 Å². The molecule has 0 aromatic carbocycles. The summed E-state index contributed by atoms with van der Waals surface area (Å²) in [5.74, 6) is -0.249. The number of hydrogen-bond acceptors (Lipinski definition) is 2. The summed E-state index contributed by atoms with van der Waals surface area (Å²) in [4.78, 5) is 11.4. The molecule has 21 heavy (non-hydrogen) atoms. The Morgan fingerprint density at radius 2 is 1.05 bits per heavy atom. The normalized spacial score (nSPS) is 24.7. The predicted octanol–water partition coefficient (Wildman–Crippen LogP) is 6.07. The van der Waals surface area contributed by atoms with Gasteiger partial charge < -0.3 is 4.74 Å². The minimum atomic E-state index is -0.249. The topological polar surface area (TPSA) is 26.3 Å². The highest BCUT2D eigenvalue weighted by molar-refractivity contribution is 5.82. The van der Waals surface area contributed by atoms with E-state index in [1.807, 2.05) is 12.2 Å². The van der Waals surface area contributed by atoms with Gasteiger partial charge in [-0.15, -0.1) is 0 Å².